The largest absolute Gasteiger partial charge is 0.219 e. The number of aryl methyl sites for hydroxylation is 1. The highest BCUT2D eigenvalue weighted by atomic mass is 32.2. The fourth-order valence-corrected chi connectivity index (χ4v) is 2.64. The van der Waals surface area contributed by atoms with E-state index in [0.29, 0.717) is 4.90 Å². The molecule has 0 radical (unpaired) electrons. The summed E-state index contributed by atoms with van der Waals surface area (Å²) in [6, 6.07) is 16.1. The number of hydrogen-bond donors (Lipinski definition) is 0. The fourth-order valence-electron chi connectivity index (χ4n) is 1.63. The molecule has 2 nitrogen and oxygen atoms in total. The SMILES string of the molecule is Cc1ccccc1/C=C/S(=O)(=O)c1ccccc1. The molecule has 2 aromatic carbocycles. The fraction of sp³-hybridized carbons (Fsp3) is 0.0667. The summed E-state index contributed by atoms with van der Waals surface area (Å²) >= 11 is 0. The van der Waals surface area contributed by atoms with Gasteiger partial charge in [-0.25, -0.2) is 8.42 Å². The molecule has 0 aliphatic heterocycles. The van der Waals surface area contributed by atoms with Crippen LogP contribution in [0.2, 0.25) is 0 Å². The Hall–Kier alpha value is -1.87. The van der Waals surface area contributed by atoms with Gasteiger partial charge in [0.2, 0.25) is 0 Å². The van der Waals surface area contributed by atoms with Crippen LogP contribution in [0, 0.1) is 6.92 Å². The maximum atomic E-state index is 12.0. The summed E-state index contributed by atoms with van der Waals surface area (Å²) in [4.78, 5) is 0.315. The van der Waals surface area contributed by atoms with Gasteiger partial charge in [-0.2, -0.15) is 0 Å². The van der Waals surface area contributed by atoms with Gasteiger partial charge in [-0.05, 0) is 36.3 Å². The molecule has 0 aliphatic rings. The Morgan fingerprint density at radius 2 is 1.50 bits per heavy atom. The van der Waals surface area contributed by atoms with Crippen LogP contribution in [0.3, 0.4) is 0 Å². The van der Waals surface area contributed by atoms with E-state index in [4.69, 9.17) is 0 Å². The molecule has 0 spiro atoms. The van der Waals surface area contributed by atoms with Crippen molar-refractivity contribution in [3.63, 3.8) is 0 Å². The minimum absolute atomic E-state index is 0.315. The van der Waals surface area contributed by atoms with Gasteiger partial charge >= 0.3 is 0 Å². The lowest BCUT2D eigenvalue weighted by Crippen LogP contribution is -1.95. The van der Waals surface area contributed by atoms with E-state index < -0.39 is 9.84 Å². The molecule has 0 heterocycles. The van der Waals surface area contributed by atoms with E-state index in [9.17, 15) is 8.42 Å². The van der Waals surface area contributed by atoms with Gasteiger partial charge in [-0.1, -0.05) is 42.5 Å². The van der Waals surface area contributed by atoms with Crippen molar-refractivity contribution < 1.29 is 8.42 Å². The molecular formula is C15H14O2S. The molecule has 0 aromatic heterocycles. The normalized spacial score (nSPS) is 11.8. The lowest BCUT2D eigenvalue weighted by molar-refractivity contribution is 0.605. The summed E-state index contributed by atoms with van der Waals surface area (Å²) in [5.41, 5.74) is 1.97. The highest BCUT2D eigenvalue weighted by molar-refractivity contribution is 7.94. The minimum Gasteiger partial charge on any atom is -0.219 e. The van der Waals surface area contributed by atoms with Crippen LogP contribution in [0.5, 0.6) is 0 Å². The molecule has 0 unspecified atom stereocenters. The molecule has 3 heteroatoms. The van der Waals surface area contributed by atoms with E-state index in [0.717, 1.165) is 11.1 Å². The van der Waals surface area contributed by atoms with Crippen molar-refractivity contribution in [2.75, 3.05) is 0 Å². The first kappa shape index (κ1) is 12.6. The Labute approximate surface area is 108 Å². The first-order valence-corrected chi connectivity index (χ1v) is 7.18. The Kier molecular flexibility index (Phi) is 3.63. The topological polar surface area (TPSA) is 34.1 Å². The van der Waals surface area contributed by atoms with E-state index in [2.05, 4.69) is 0 Å². The molecule has 92 valence electrons. The zero-order valence-electron chi connectivity index (χ0n) is 10.1. The maximum Gasteiger partial charge on any atom is 0.199 e. The van der Waals surface area contributed by atoms with Crippen LogP contribution in [0.4, 0.5) is 0 Å². The molecule has 0 fully saturated rings. The number of sulfone groups is 1. The monoisotopic (exact) mass is 258 g/mol. The smallest absolute Gasteiger partial charge is 0.199 e. The second-order valence-electron chi connectivity index (χ2n) is 4.02. The van der Waals surface area contributed by atoms with Crippen molar-refractivity contribution in [3.05, 3.63) is 71.1 Å². The van der Waals surface area contributed by atoms with Crippen molar-refractivity contribution in [1.29, 1.82) is 0 Å². The highest BCUT2D eigenvalue weighted by Crippen LogP contribution is 2.15. The minimum atomic E-state index is -3.36. The predicted molar refractivity (Wildman–Crippen MR) is 73.8 cm³/mol. The van der Waals surface area contributed by atoms with Crippen LogP contribution in [0.15, 0.2) is 64.9 Å². The van der Waals surface area contributed by atoms with Gasteiger partial charge < -0.3 is 0 Å². The average molecular weight is 258 g/mol. The summed E-state index contributed by atoms with van der Waals surface area (Å²) < 4.78 is 24.1. The van der Waals surface area contributed by atoms with Gasteiger partial charge in [-0.3, -0.25) is 0 Å². The summed E-state index contributed by atoms with van der Waals surface area (Å²) in [5, 5.41) is 1.25. The lowest BCUT2D eigenvalue weighted by atomic mass is 10.1. The Morgan fingerprint density at radius 3 is 2.17 bits per heavy atom. The van der Waals surface area contributed by atoms with Gasteiger partial charge in [0.1, 0.15) is 0 Å². The molecule has 18 heavy (non-hydrogen) atoms. The van der Waals surface area contributed by atoms with E-state index in [1.54, 1.807) is 36.4 Å². The van der Waals surface area contributed by atoms with E-state index in [1.165, 1.54) is 5.41 Å². The van der Waals surface area contributed by atoms with Gasteiger partial charge in [0, 0.05) is 5.41 Å². The molecule has 0 atom stereocenters. The lowest BCUT2D eigenvalue weighted by Gasteiger charge is -2.00. The third kappa shape index (κ3) is 2.87. The van der Waals surface area contributed by atoms with Crippen LogP contribution in [-0.2, 0) is 9.84 Å². The van der Waals surface area contributed by atoms with Crippen LogP contribution in [-0.4, -0.2) is 8.42 Å². The molecule has 0 bridgehead atoms. The van der Waals surface area contributed by atoms with Crippen LogP contribution >= 0.6 is 0 Å². The van der Waals surface area contributed by atoms with E-state index in [1.807, 2.05) is 31.2 Å². The quantitative estimate of drug-likeness (QED) is 0.845. The van der Waals surface area contributed by atoms with Gasteiger partial charge in [-0.15, -0.1) is 0 Å². The van der Waals surface area contributed by atoms with Crippen molar-refractivity contribution in [3.8, 4) is 0 Å². The van der Waals surface area contributed by atoms with Crippen LogP contribution < -0.4 is 0 Å². The summed E-state index contributed by atoms with van der Waals surface area (Å²) in [7, 11) is -3.36. The predicted octanol–water partition coefficient (Wildman–Crippen LogP) is 3.44. The zero-order valence-corrected chi connectivity index (χ0v) is 10.9. The molecule has 0 amide bonds. The molecule has 0 aliphatic carbocycles. The zero-order chi connectivity index (χ0) is 13.0. The molecule has 2 rings (SSSR count). The van der Waals surface area contributed by atoms with E-state index >= 15 is 0 Å². The van der Waals surface area contributed by atoms with Crippen LogP contribution in [0.25, 0.3) is 6.08 Å². The number of hydrogen-bond acceptors (Lipinski definition) is 2. The summed E-state index contributed by atoms with van der Waals surface area (Å²) in [5.74, 6) is 0. The molecule has 2 aromatic rings. The summed E-state index contributed by atoms with van der Waals surface area (Å²) in [6.07, 6.45) is 1.64. The Bertz CT molecular complexity index is 656. The Balaban J connectivity index is 2.32. The maximum absolute atomic E-state index is 12.0. The molecule has 0 N–H and O–H groups in total. The second kappa shape index (κ2) is 5.19. The van der Waals surface area contributed by atoms with Gasteiger partial charge in [0.05, 0.1) is 4.90 Å². The number of benzene rings is 2. The molecule has 0 saturated carbocycles. The average Bonchev–Trinajstić information content (AvgIpc) is 2.39. The molecular weight excluding hydrogens is 244 g/mol. The van der Waals surface area contributed by atoms with Crippen molar-refractivity contribution in [1.82, 2.24) is 0 Å². The highest BCUT2D eigenvalue weighted by Gasteiger charge is 2.08. The standard InChI is InChI=1S/C15H14O2S/c1-13-7-5-6-8-14(13)11-12-18(16,17)15-9-3-2-4-10-15/h2-12H,1H3/b12-11+. The molecule has 0 saturated heterocycles. The first-order chi connectivity index (χ1) is 8.59. The van der Waals surface area contributed by atoms with Crippen LogP contribution in [0.1, 0.15) is 11.1 Å². The van der Waals surface area contributed by atoms with Crippen molar-refractivity contribution >= 4 is 15.9 Å². The third-order valence-corrected chi connectivity index (χ3v) is 4.11. The van der Waals surface area contributed by atoms with E-state index in [-0.39, 0.29) is 0 Å². The first-order valence-electron chi connectivity index (χ1n) is 5.63. The number of rotatable bonds is 3. The van der Waals surface area contributed by atoms with Gasteiger partial charge in [0.25, 0.3) is 0 Å². The van der Waals surface area contributed by atoms with Gasteiger partial charge in [0.15, 0.2) is 9.84 Å². The Morgan fingerprint density at radius 1 is 0.889 bits per heavy atom. The summed E-state index contributed by atoms with van der Waals surface area (Å²) in [6.45, 7) is 1.95. The second-order valence-corrected chi connectivity index (χ2v) is 5.85. The van der Waals surface area contributed by atoms with Crippen molar-refractivity contribution in [2.24, 2.45) is 0 Å². The van der Waals surface area contributed by atoms with Crippen molar-refractivity contribution in [2.45, 2.75) is 11.8 Å². The third-order valence-electron chi connectivity index (χ3n) is 2.69.